The van der Waals surface area contributed by atoms with E-state index in [1.54, 1.807) is 4.08 Å². The zero-order valence-corrected chi connectivity index (χ0v) is 9.97. The highest BCUT2D eigenvalue weighted by atomic mass is 127. The minimum atomic E-state index is -2.48. The van der Waals surface area contributed by atoms with Crippen LogP contribution in [0.4, 0.5) is 8.78 Å². The first-order chi connectivity index (χ1) is 6.53. The fourth-order valence-corrected chi connectivity index (χ4v) is 2.19. The van der Waals surface area contributed by atoms with Gasteiger partial charge in [-0.3, -0.25) is 4.79 Å². The minimum Gasteiger partial charge on any atom is -0.295 e. The van der Waals surface area contributed by atoms with E-state index in [2.05, 4.69) is 0 Å². The van der Waals surface area contributed by atoms with Crippen LogP contribution in [0.25, 0.3) is 0 Å². The predicted molar refractivity (Wildman–Crippen MR) is 59.7 cm³/mol. The lowest BCUT2D eigenvalue weighted by molar-refractivity contribution is -0.114. The van der Waals surface area contributed by atoms with Crippen LogP contribution in [0, 0.1) is 5.92 Å². The first kappa shape index (κ1) is 12.1. The van der Waals surface area contributed by atoms with E-state index >= 15 is 0 Å². The number of allylic oxidation sites excluding steroid dienone is 1. The Hall–Kier alpha value is -0.000000000000000111. The van der Waals surface area contributed by atoms with E-state index in [4.69, 9.17) is 0 Å². The highest BCUT2D eigenvalue weighted by Gasteiger charge is 2.38. The molecule has 14 heavy (non-hydrogen) atoms. The van der Waals surface area contributed by atoms with Crippen molar-refractivity contribution in [3.8, 4) is 0 Å². The Balaban J connectivity index is 2.24. The number of rotatable bonds is 4. The van der Waals surface area contributed by atoms with Crippen LogP contribution in [0.2, 0.25) is 0 Å². The summed E-state index contributed by atoms with van der Waals surface area (Å²) in [4.78, 5) is 11.1. The van der Waals surface area contributed by atoms with Gasteiger partial charge in [-0.05, 0) is 28.9 Å². The van der Waals surface area contributed by atoms with Crippen LogP contribution in [0.3, 0.4) is 0 Å². The van der Waals surface area contributed by atoms with Gasteiger partial charge in [0.05, 0.1) is 0 Å². The number of halogens is 3. The Labute approximate surface area is 96.1 Å². The van der Waals surface area contributed by atoms with Gasteiger partial charge in [-0.1, -0.05) is 22.6 Å². The molecular weight excluding hydrogens is 301 g/mol. The largest absolute Gasteiger partial charge is 0.295 e. The predicted octanol–water partition coefficient (Wildman–Crippen LogP) is 3.72. The monoisotopic (exact) mass is 314 g/mol. The SMILES string of the molecule is O=C(/C=C\I)CCC1CCC(F)(F)C1. The summed E-state index contributed by atoms with van der Waals surface area (Å²) in [6.45, 7) is 0. The zero-order chi connectivity index (χ0) is 10.6. The van der Waals surface area contributed by atoms with E-state index in [-0.39, 0.29) is 24.5 Å². The normalized spacial score (nSPS) is 25.8. The Morgan fingerprint density at radius 1 is 1.57 bits per heavy atom. The van der Waals surface area contributed by atoms with Crippen molar-refractivity contribution in [3.63, 3.8) is 0 Å². The van der Waals surface area contributed by atoms with Crippen molar-refractivity contribution in [2.45, 2.75) is 38.0 Å². The zero-order valence-electron chi connectivity index (χ0n) is 7.81. The number of carbonyl (C=O) groups is 1. The van der Waals surface area contributed by atoms with Crippen LogP contribution in [0.15, 0.2) is 10.2 Å². The van der Waals surface area contributed by atoms with Gasteiger partial charge in [0.25, 0.3) is 0 Å². The fraction of sp³-hybridized carbons (Fsp3) is 0.700. The third-order valence-corrected chi connectivity index (χ3v) is 2.91. The third kappa shape index (κ3) is 4.02. The van der Waals surface area contributed by atoms with Gasteiger partial charge in [0.2, 0.25) is 5.92 Å². The summed E-state index contributed by atoms with van der Waals surface area (Å²) < 4.78 is 27.2. The molecule has 0 aromatic heterocycles. The van der Waals surface area contributed by atoms with E-state index < -0.39 is 5.92 Å². The van der Waals surface area contributed by atoms with Gasteiger partial charge in [0.15, 0.2) is 5.78 Å². The minimum absolute atomic E-state index is 0.00597. The molecule has 0 bridgehead atoms. The lowest BCUT2D eigenvalue weighted by Crippen LogP contribution is -2.10. The summed E-state index contributed by atoms with van der Waals surface area (Å²) in [5.74, 6) is -2.40. The Morgan fingerprint density at radius 2 is 2.29 bits per heavy atom. The highest BCUT2D eigenvalue weighted by molar-refractivity contribution is 14.1. The van der Waals surface area contributed by atoms with Crippen molar-refractivity contribution < 1.29 is 13.6 Å². The van der Waals surface area contributed by atoms with Crippen LogP contribution < -0.4 is 0 Å². The van der Waals surface area contributed by atoms with Crippen LogP contribution >= 0.6 is 22.6 Å². The summed E-state index contributed by atoms with van der Waals surface area (Å²) in [5.41, 5.74) is 0. The van der Waals surface area contributed by atoms with E-state index in [1.807, 2.05) is 22.6 Å². The van der Waals surface area contributed by atoms with Gasteiger partial charge < -0.3 is 0 Å². The second kappa shape index (κ2) is 5.19. The molecule has 0 amide bonds. The molecule has 1 nitrogen and oxygen atoms in total. The maximum Gasteiger partial charge on any atom is 0.248 e. The average molecular weight is 314 g/mol. The Morgan fingerprint density at radius 3 is 2.79 bits per heavy atom. The summed E-state index contributed by atoms with van der Waals surface area (Å²) >= 11 is 1.97. The molecule has 1 rings (SSSR count). The number of carbonyl (C=O) groups excluding carboxylic acids is 1. The molecule has 0 N–H and O–H groups in total. The maximum absolute atomic E-state index is 12.8. The quantitative estimate of drug-likeness (QED) is 0.571. The Kier molecular flexibility index (Phi) is 4.47. The highest BCUT2D eigenvalue weighted by Crippen LogP contribution is 2.40. The third-order valence-electron chi connectivity index (χ3n) is 2.55. The van der Waals surface area contributed by atoms with Gasteiger partial charge in [-0.15, -0.1) is 0 Å². The van der Waals surface area contributed by atoms with Crippen LogP contribution in [-0.4, -0.2) is 11.7 Å². The van der Waals surface area contributed by atoms with E-state index in [0.29, 0.717) is 19.3 Å². The number of ketones is 1. The molecule has 1 atom stereocenters. The molecule has 1 saturated carbocycles. The summed E-state index contributed by atoms with van der Waals surface area (Å²) in [6.07, 6.45) is 3.03. The number of hydrogen-bond acceptors (Lipinski definition) is 1. The van der Waals surface area contributed by atoms with Crippen molar-refractivity contribution in [2.24, 2.45) is 5.92 Å². The van der Waals surface area contributed by atoms with Crippen molar-refractivity contribution in [1.29, 1.82) is 0 Å². The summed E-state index contributed by atoms with van der Waals surface area (Å²) in [6, 6.07) is 0. The number of alkyl halides is 2. The molecule has 0 aromatic carbocycles. The van der Waals surface area contributed by atoms with Gasteiger partial charge in [0.1, 0.15) is 0 Å². The molecule has 1 unspecified atom stereocenters. The molecule has 0 saturated heterocycles. The van der Waals surface area contributed by atoms with Gasteiger partial charge in [-0.2, -0.15) is 0 Å². The second-order valence-corrected chi connectivity index (χ2v) is 4.48. The molecule has 1 fully saturated rings. The van der Waals surface area contributed by atoms with Crippen LogP contribution in [0.1, 0.15) is 32.1 Å². The second-order valence-electron chi connectivity index (χ2n) is 3.76. The molecule has 1 aliphatic rings. The van der Waals surface area contributed by atoms with Gasteiger partial charge in [-0.25, -0.2) is 8.78 Å². The Bertz CT molecular complexity index is 238. The molecule has 0 spiro atoms. The molecule has 0 aliphatic heterocycles. The topological polar surface area (TPSA) is 17.1 Å². The van der Waals surface area contributed by atoms with Crippen molar-refractivity contribution in [3.05, 3.63) is 10.2 Å². The van der Waals surface area contributed by atoms with Crippen LogP contribution in [-0.2, 0) is 4.79 Å². The molecule has 0 radical (unpaired) electrons. The smallest absolute Gasteiger partial charge is 0.248 e. The fourth-order valence-electron chi connectivity index (χ4n) is 1.79. The van der Waals surface area contributed by atoms with Crippen molar-refractivity contribution in [1.82, 2.24) is 0 Å². The molecule has 4 heteroatoms. The molecule has 0 heterocycles. The van der Waals surface area contributed by atoms with Gasteiger partial charge >= 0.3 is 0 Å². The van der Waals surface area contributed by atoms with E-state index in [9.17, 15) is 13.6 Å². The average Bonchev–Trinajstić information content (AvgIpc) is 2.43. The number of hydrogen-bond donors (Lipinski definition) is 0. The van der Waals surface area contributed by atoms with Crippen molar-refractivity contribution in [2.75, 3.05) is 0 Å². The molecule has 80 valence electrons. The summed E-state index contributed by atoms with van der Waals surface area (Å²) in [5, 5.41) is 0. The first-order valence-corrected chi connectivity index (χ1v) is 5.95. The molecular formula is C10H13F2IO. The van der Waals surface area contributed by atoms with Crippen LogP contribution in [0.5, 0.6) is 0 Å². The standard InChI is InChI=1S/C10H13F2IO/c11-10(12)5-3-8(7-10)1-2-9(14)4-6-13/h4,6,8H,1-3,5,7H2/b6-4-. The van der Waals surface area contributed by atoms with Gasteiger partial charge in [0, 0.05) is 19.3 Å². The molecule has 1 aliphatic carbocycles. The van der Waals surface area contributed by atoms with Crippen molar-refractivity contribution >= 4 is 28.4 Å². The lowest BCUT2D eigenvalue weighted by Gasteiger charge is -2.08. The van der Waals surface area contributed by atoms with E-state index in [1.165, 1.54) is 6.08 Å². The first-order valence-electron chi connectivity index (χ1n) is 4.71. The summed E-state index contributed by atoms with van der Waals surface area (Å²) in [7, 11) is 0. The lowest BCUT2D eigenvalue weighted by atomic mass is 10.00. The maximum atomic E-state index is 12.8. The van der Waals surface area contributed by atoms with E-state index in [0.717, 1.165) is 0 Å². The molecule has 0 aromatic rings.